The van der Waals surface area contributed by atoms with Crippen molar-refractivity contribution in [2.45, 2.75) is 25.8 Å². The SMILES string of the molecule is CCCN(C(=O)CNC(=O)c1c(Cl)cccc1[N+](=O)[O-])C1CCNC1. The van der Waals surface area contributed by atoms with Crippen LogP contribution in [0.25, 0.3) is 0 Å². The lowest BCUT2D eigenvalue weighted by Gasteiger charge is -2.28. The molecule has 1 fully saturated rings. The number of halogens is 1. The van der Waals surface area contributed by atoms with Crippen molar-refractivity contribution in [2.75, 3.05) is 26.2 Å². The first-order chi connectivity index (χ1) is 12.0. The van der Waals surface area contributed by atoms with Crippen LogP contribution in [-0.2, 0) is 4.79 Å². The van der Waals surface area contributed by atoms with Gasteiger partial charge in [-0.25, -0.2) is 0 Å². The zero-order valence-electron chi connectivity index (χ0n) is 14.0. The number of hydrogen-bond donors (Lipinski definition) is 2. The van der Waals surface area contributed by atoms with Gasteiger partial charge in [-0.3, -0.25) is 19.7 Å². The quantitative estimate of drug-likeness (QED) is 0.561. The van der Waals surface area contributed by atoms with Crippen LogP contribution >= 0.6 is 11.6 Å². The van der Waals surface area contributed by atoms with Crippen LogP contribution in [0.4, 0.5) is 5.69 Å². The fourth-order valence-corrected chi connectivity index (χ4v) is 3.15. The Morgan fingerprint density at radius 2 is 2.24 bits per heavy atom. The van der Waals surface area contributed by atoms with Gasteiger partial charge in [0.25, 0.3) is 11.6 Å². The van der Waals surface area contributed by atoms with E-state index in [0.717, 1.165) is 25.9 Å². The molecule has 1 heterocycles. The van der Waals surface area contributed by atoms with E-state index in [-0.39, 0.29) is 34.8 Å². The van der Waals surface area contributed by atoms with E-state index in [9.17, 15) is 19.7 Å². The van der Waals surface area contributed by atoms with E-state index in [1.54, 1.807) is 4.90 Å². The molecule has 2 rings (SSSR count). The van der Waals surface area contributed by atoms with Crippen molar-refractivity contribution in [1.82, 2.24) is 15.5 Å². The molecule has 1 aromatic rings. The van der Waals surface area contributed by atoms with Crippen LogP contribution in [-0.4, -0.2) is 53.9 Å². The summed E-state index contributed by atoms with van der Waals surface area (Å²) in [5.41, 5.74) is -0.616. The lowest BCUT2D eigenvalue weighted by Crippen LogP contribution is -2.46. The molecule has 1 aliphatic rings. The molecular formula is C16H21ClN4O4. The maximum Gasteiger partial charge on any atom is 0.283 e. The molecule has 1 aliphatic heterocycles. The average molecular weight is 369 g/mol. The summed E-state index contributed by atoms with van der Waals surface area (Å²) < 4.78 is 0. The summed E-state index contributed by atoms with van der Waals surface area (Å²) >= 11 is 5.93. The van der Waals surface area contributed by atoms with Crippen molar-refractivity contribution in [3.8, 4) is 0 Å². The molecule has 1 saturated heterocycles. The van der Waals surface area contributed by atoms with E-state index in [1.807, 2.05) is 6.92 Å². The molecule has 0 saturated carbocycles. The van der Waals surface area contributed by atoms with Gasteiger partial charge in [0.05, 0.1) is 16.5 Å². The number of nitrogens with zero attached hydrogens (tertiary/aromatic N) is 2. The Bertz CT molecular complexity index is 662. The Balaban J connectivity index is 2.06. The van der Waals surface area contributed by atoms with Crippen LogP contribution in [0, 0.1) is 10.1 Å². The highest BCUT2D eigenvalue weighted by Crippen LogP contribution is 2.25. The molecule has 136 valence electrons. The lowest BCUT2D eigenvalue weighted by atomic mass is 10.1. The summed E-state index contributed by atoms with van der Waals surface area (Å²) in [5, 5.41) is 16.7. The van der Waals surface area contributed by atoms with Crippen molar-refractivity contribution in [1.29, 1.82) is 0 Å². The van der Waals surface area contributed by atoms with Crippen LogP contribution in [0.2, 0.25) is 5.02 Å². The number of nitro groups is 1. The van der Waals surface area contributed by atoms with E-state index in [0.29, 0.717) is 6.54 Å². The Kier molecular flexibility index (Phi) is 6.72. The van der Waals surface area contributed by atoms with Crippen LogP contribution < -0.4 is 10.6 Å². The van der Waals surface area contributed by atoms with Gasteiger partial charge in [-0.15, -0.1) is 0 Å². The van der Waals surface area contributed by atoms with Crippen LogP contribution in [0.15, 0.2) is 18.2 Å². The highest BCUT2D eigenvalue weighted by molar-refractivity contribution is 6.34. The van der Waals surface area contributed by atoms with Gasteiger partial charge in [0.15, 0.2) is 0 Å². The Morgan fingerprint density at radius 1 is 1.48 bits per heavy atom. The summed E-state index contributed by atoms with van der Waals surface area (Å²) in [6.45, 7) is 3.95. The summed E-state index contributed by atoms with van der Waals surface area (Å²) in [5.74, 6) is -0.940. The fraction of sp³-hybridized carbons (Fsp3) is 0.500. The van der Waals surface area contributed by atoms with E-state index < -0.39 is 10.8 Å². The second kappa shape index (κ2) is 8.77. The molecular weight excluding hydrogens is 348 g/mol. The van der Waals surface area contributed by atoms with E-state index in [2.05, 4.69) is 10.6 Å². The van der Waals surface area contributed by atoms with Crippen molar-refractivity contribution in [2.24, 2.45) is 0 Å². The minimum Gasteiger partial charge on any atom is -0.343 e. The number of benzene rings is 1. The van der Waals surface area contributed by atoms with Crippen LogP contribution in [0.3, 0.4) is 0 Å². The Labute approximate surface area is 150 Å². The van der Waals surface area contributed by atoms with E-state index in [4.69, 9.17) is 11.6 Å². The number of hydrogen-bond acceptors (Lipinski definition) is 5. The number of nitro benzene ring substituents is 1. The minimum absolute atomic E-state index is 0.0236. The number of amides is 2. The van der Waals surface area contributed by atoms with Gasteiger partial charge in [-0.2, -0.15) is 0 Å². The topological polar surface area (TPSA) is 105 Å². The van der Waals surface area contributed by atoms with Crippen molar-refractivity contribution >= 4 is 29.1 Å². The third-order valence-corrected chi connectivity index (χ3v) is 4.39. The molecule has 0 radical (unpaired) electrons. The highest BCUT2D eigenvalue weighted by atomic mass is 35.5. The Morgan fingerprint density at radius 3 is 2.84 bits per heavy atom. The van der Waals surface area contributed by atoms with Gasteiger partial charge >= 0.3 is 0 Å². The molecule has 1 atom stereocenters. The van der Waals surface area contributed by atoms with Crippen molar-refractivity contribution < 1.29 is 14.5 Å². The second-order valence-electron chi connectivity index (χ2n) is 5.81. The van der Waals surface area contributed by atoms with E-state index >= 15 is 0 Å². The zero-order chi connectivity index (χ0) is 18.4. The first kappa shape index (κ1) is 19.1. The number of rotatable bonds is 7. The predicted molar refractivity (Wildman–Crippen MR) is 93.7 cm³/mol. The zero-order valence-corrected chi connectivity index (χ0v) is 14.7. The maximum absolute atomic E-state index is 12.5. The fourth-order valence-electron chi connectivity index (χ4n) is 2.89. The van der Waals surface area contributed by atoms with Gasteiger partial charge in [-0.05, 0) is 25.5 Å². The molecule has 1 unspecified atom stereocenters. The normalized spacial score (nSPS) is 16.5. The van der Waals surface area contributed by atoms with Gasteiger partial charge < -0.3 is 15.5 Å². The molecule has 9 heteroatoms. The summed E-state index contributed by atoms with van der Waals surface area (Å²) in [4.78, 5) is 36.9. The average Bonchev–Trinajstić information content (AvgIpc) is 3.11. The Hall–Kier alpha value is -2.19. The summed E-state index contributed by atoms with van der Waals surface area (Å²) in [6.07, 6.45) is 1.68. The number of carbonyl (C=O) groups is 2. The first-order valence-electron chi connectivity index (χ1n) is 8.17. The summed E-state index contributed by atoms with van der Waals surface area (Å²) in [6, 6.07) is 4.12. The molecule has 1 aromatic carbocycles. The molecule has 0 aromatic heterocycles. The smallest absolute Gasteiger partial charge is 0.283 e. The van der Waals surface area contributed by atoms with Crippen LogP contribution in [0.5, 0.6) is 0 Å². The minimum atomic E-state index is -0.730. The lowest BCUT2D eigenvalue weighted by molar-refractivity contribution is -0.385. The van der Waals surface area contributed by atoms with Crippen molar-refractivity contribution in [3.05, 3.63) is 38.9 Å². The molecule has 8 nitrogen and oxygen atoms in total. The molecule has 25 heavy (non-hydrogen) atoms. The molecule has 0 aliphatic carbocycles. The molecule has 0 spiro atoms. The second-order valence-corrected chi connectivity index (χ2v) is 6.21. The van der Waals surface area contributed by atoms with Gasteiger partial charge in [0, 0.05) is 25.2 Å². The molecule has 0 bridgehead atoms. The third-order valence-electron chi connectivity index (χ3n) is 4.08. The van der Waals surface area contributed by atoms with E-state index in [1.165, 1.54) is 18.2 Å². The molecule has 2 N–H and O–H groups in total. The van der Waals surface area contributed by atoms with Crippen molar-refractivity contribution in [3.63, 3.8) is 0 Å². The summed E-state index contributed by atoms with van der Waals surface area (Å²) in [7, 11) is 0. The standard InChI is InChI=1S/C16H21ClN4O4/c1-2-8-20(11-6-7-18-9-11)14(22)10-19-16(23)15-12(17)4-3-5-13(15)21(24)25/h3-5,11,18H,2,6-10H2,1H3,(H,19,23). The monoisotopic (exact) mass is 368 g/mol. The first-order valence-corrected chi connectivity index (χ1v) is 8.54. The van der Waals surface area contributed by atoms with Gasteiger partial charge in [0.2, 0.25) is 5.91 Å². The van der Waals surface area contributed by atoms with Crippen LogP contribution in [0.1, 0.15) is 30.1 Å². The predicted octanol–water partition coefficient (Wildman–Crippen LogP) is 1.58. The van der Waals surface area contributed by atoms with Gasteiger partial charge in [-0.1, -0.05) is 24.6 Å². The largest absolute Gasteiger partial charge is 0.343 e. The molecule has 2 amide bonds. The number of nitrogens with one attached hydrogen (secondary N) is 2. The third kappa shape index (κ3) is 4.67. The van der Waals surface area contributed by atoms with Gasteiger partial charge in [0.1, 0.15) is 5.56 Å². The highest BCUT2D eigenvalue weighted by Gasteiger charge is 2.27. The maximum atomic E-state index is 12.5. The number of carbonyl (C=O) groups excluding carboxylic acids is 2.